The molecular weight excluding hydrogens is 462 g/mol. The van der Waals surface area contributed by atoms with E-state index in [0.29, 0.717) is 25.0 Å². The first-order valence-electron chi connectivity index (χ1n) is 13.6. The lowest BCUT2D eigenvalue weighted by Crippen LogP contribution is -2.43. The van der Waals surface area contributed by atoms with Crippen LogP contribution in [0, 0.1) is 11.3 Å². The molecule has 3 fully saturated rings. The van der Waals surface area contributed by atoms with Gasteiger partial charge in [-0.3, -0.25) is 14.4 Å². The highest BCUT2D eigenvalue weighted by atomic mass is 16.2. The molecule has 6 heteroatoms. The second-order valence-corrected chi connectivity index (χ2v) is 11.5. The van der Waals surface area contributed by atoms with E-state index in [4.69, 9.17) is 0 Å². The summed E-state index contributed by atoms with van der Waals surface area (Å²) in [7, 11) is 1.87. The summed E-state index contributed by atoms with van der Waals surface area (Å²) in [6.45, 7) is 1.89. The van der Waals surface area contributed by atoms with Crippen LogP contribution in [0.15, 0.2) is 65.6 Å². The number of fused-ring (bicyclic) bond motifs is 1. The van der Waals surface area contributed by atoms with E-state index in [1.165, 1.54) is 18.4 Å². The zero-order valence-electron chi connectivity index (χ0n) is 21.5. The second kappa shape index (κ2) is 9.16. The number of rotatable bonds is 5. The minimum atomic E-state index is -0.207. The number of aromatic nitrogens is 1. The molecular formula is C31H35N3O3. The fourth-order valence-electron chi connectivity index (χ4n) is 6.98. The zero-order chi connectivity index (χ0) is 25.6. The van der Waals surface area contributed by atoms with Crippen molar-refractivity contribution in [2.75, 3.05) is 19.6 Å². The highest BCUT2D eigenvalue weighted by Gasteiger charge is 2.59. The number of pyridine rings is 1. The number of nitrogens with one attached hydrogen (secondary N) is 1. The van der Waals surface area contributed by atoms with Crippen molar-refractivity contribution in [3.63, 3.8) is 0 Å². The lowest BCUT2D eigenvalue weighted by Gasteiger charge is -2.33. The van der Waals surface area contributed by atoms with Gasteiger partial charge in [-0.05, 0) is 55.2 Å². The second-order valence-electron chi connectivity index (χ2n) is 11.5. The van der Waals surface area contributed by atoms with Crippen LogP contribution < -0.4 is 10.7 Å². The maximum Gasteiger partial charge on any atom is 0.259 e. The molecule has 0 bridgehead atoms. The smallest absolute Gasteiger partial charge is 0.259 e. The lowest BCUT2D eigenvalue weighted by atomic mass is 9.78. The van der Waals surface area contributed by atoms with Crippen LogP contribution in [0.25, 0.3) is 10.9 Å². The van der Waals surface area contributed by atoms with Gasteiger partial charge < -0.3 is 14.8 Å². The molecule has 192 valence electrons. The van der Waals surface area contributed by atoms with E-state index >= 15 is 0 Å². The standard InChI is InChI=1S/C31H35N3O3/c1-33-20-24(27(35)23-11-5-6-12-26(23)33)29(37)34-17-15-30(16-18-34)19-25(30)28(36)32-21-31(13-7-8-14-31)22-9-3-2-4-10-22/h2-6,9-12,20,25H,7-8,13-19,21H2,1H3,(H,32,36)/t25-/m1/s1. The summed E-state index contributed by atoms with van der Waals surface area (Å²) in [6, 6.07) is 18.0. The lowest BCUT2D eigenvalue weighted by molar-refractivity contribution is -0.123. The summed E-state index contributed by atoms with van der Waals surface area (Å²) < 4.78 is 1.85. The molecule has 1 atom stereocenters. The van der Waals surface area contributed by atoms with E-state index in [1.54, 1.807) is 17.2 Å². The monoisotopic (exact) mass is 497 g/mol. The van der Waals surface area contributed by atoms with E-state index in [1.807, 2.05) is 35.9 Å². The van der Waals surface area contributed by atoms with Gasteiger partial charge >= 0.3 is 0 Å². The summed E-state index contributed by atoms with van der Waals surface area (Å²) in [5, 5.41) is 3.89. The van der Waals surface area contributed by atoms with Crippen molar-refractivity contribution in [2.24, 2.45) is 18.4 Å². The molecule has 1 aliphatic heterocycles. The average Bonchev–Trinajstić information content (AvgIpc) is 3.41. The summed E-state index contributed by atoms with van der Waals surface area (Å²) in [6.07, 6.45) is 8.86. The van der Waals surface area contributed by atoms with E-state index in [-0.39, 0.29) is 39.6 Å². The van der Waals surface area contributed by atoms with Gasteiger partial charge in [0.2, 0.25) is 11.3 Å². The summed E-state index contributed by atoms with van der Waals surface area (Å²) in [4.78, 5) is 41.4. The van der Waals surface area contributed by atoms with Crippen LogP contribution in [0.4, 0.5) is 0 Å². The number of carbonyl (C=O) groups excluding carboxylic acids is 2. The SMILES string of the molecule is Cn1cc(C(=O)N2CCC3(CC2)C[C@@H]3C(=O)NCC2(c3ccccc3)CCCC2)c(=O)c2ccccc21. The number of hydrogen-bond acceptors (Lipinski definition) is 3. The number of piperidine rings is 1. The molecule has 1 spiro atoms. The van der Waals surface area contributed by atoms with Gasteiger partial charge in [0.25, 0.3) is 5.91 Å². The number of likely N-dealkylation sites (tertiary alicyclic amines) is 1. The topological polar surface area (TPSA) is 71.4 Å². The van der Waals surface area contributed by atoms with Gasteiger partial charge in [-0.25, -0.2) is 0 Å². The van der Waals surface area contributed by atoms with Crippen molar-refractivity contribution in [1.82, 2.24) is 14.8 Å². The van der Waals surface area contributed by atoms with Crippen LogP contribution in [0.1, 0.15) is 60.9 Å². The Bertz CT molecular complexity index is 1400. The van der Waals surface area contributed by atoms with Crippen molar-refractivity contribution >= 4 is 22.7 Å². The van der Waals surface area contributed by atoms with Crippen LogP contribution in [0.2, 0.25) is 0 Å². The molecule has 0 unspecified atom stereocenters. The van der Waals surface area contributed by atoms with Gasteiger partial charge in [0.05, 0.1) is 5.52 Å². The van der Waals surface area contributed by atoms with Gasteiger partial charge in [-0.1, -0.05) is 55.3 Å². The van der Waals surface area contributed by atoms with Crippen molar-refractivity contribution in [3.05, 3.63) is 82.1 Å². The van der Waals surface area contributed by atoms with Crippen LogP contribution in [-0.2, 0) is 17.3 Å². The van der Waals surface area contributed by atoms with Gasteiger partial charge in [0.1, 0.15) is 5.56 Å². The largest absolute Gasteiger partial charge is 0.355 e. The Balaban J connectivity index is 1.09. The van der Waals surface area contributed by atoms with Crippen molar-refractivity contribution in [1.29, 1.82) is 0 Å². The van der Waals surface area contributed by atoms with Crippen molar-refractivity contribution < 1.29 is 9.59 Å². The third-order valence-corrected chi connectivity index (χ3v) is 9.43. The number of aryl methyl sites for hydroxylation is 1. The van der Waals surface area contributed by atoms with Gasteiger partial charge in [-0.15, -0.1) is 0 Å². The van der Waals surface area contributed by atoms with Crippen LogP contribution in [0.5, 0.6) is 0 Å². The van der Waals surface area contributed by atoms with Gasteiger partial charge in [0, 0.05) is 49.6 Å². The van der Waals surface area contributed by atoms with E-state index in [2.05, 4.69) is 29.6 Å². The van der Waals surface area contributed by atoms with E-state index in [0.717, 1.165) is 37.6 Å². The van der Waals surface area contributed by atoms with Crippen molar-refractivity contribution in [3.8, 4) is 0 Å². The highest BCUT2D eigenvalue weighted by Crippen LogP contribution is 2.59. The molecule has 2 heterocycles. The Morgan fingerprint density at radius 2 is 1.62 bits per heavy atom. The third-order valence-electron chi connectivity index (χ3n) is 9.43. The van der Waals surface area contributed by atoms with Crippen LogP contribution >= 0.6 is 0 Å². The Kier molecular flexibility index (Phi) is 5.93. The molecule has 2 aromatic carbocycles. The van der Waals surface area contributed by atoms with Crippen LogP contribution in [-0.4, -0.2) is 40.9 Å². The van der Waals surface area contributed by atoms with Crippen LogP contribution in [0.3, 0.4) is 0 Å². The number of carbonyl (C=O) groups is 2. The predicted octanol–water partition coefficient (Wildman–Crippen LogP) is 4.41. The molecule has 2 aliphatic carbocycles. The molecule has 37 heavy (non-hydrogen) atoms. The molecule has 6 nitrogen and oxygen atoms in total. The average molecular weight is 498 g/mol. The fourth-order valence-corrected chi connectivity index (χ4v) is 6.98. The Labute approximate surface area is 217 Å². The minimum Gasteiger partial charge on any atom is -0.355 e. The molecule has 0 radical (unpaired) electrons. The number of para-hydroxylation sites is 1. The fraction of sp³-hybridized carbons (Fsp3) is 0.452. The molecule has 6 rings (SSSR count). The Morgan fingerprint density at radius 1 is 0.946 bits per heavy atom. The molecule has 1 N–H and O–H groups in total. The van der Waals surface area contributed by atoms with Gasteiger partial charge in [0.15, 0.2) is 0 Å². The number of hydrogen-bond donors (Lipinski definition) is 1. The molecule has 3 aliphatic rings. The molecule has 1 saturated heterocycles. The number of amides is 2. The molecule has 2 saturated carbocycles. The first-order valence-corrected chi connectivity index (χ1v) is 13.6. The Hall–Kier alpha value is -3.41. The van der Waals surface area contributed by atoms with Gasteiger partial charge in [-0.2, -0.15) is 0 Å². The maximum atomic E-state index is 13.3. The summed E-state index contributed by atoms with van der Waals surface area (Å²) >= 11 is 0. The highest BCUT2D eigenvalue weighted by molar-refractivity contribution is 5.97. The normalized spacial score (nSPS) is 21.8. The quantitative estimate of drug-likeness (QED) is 0.568. The predicted molar refractivity (Wildman–Crippen MR) is 144 cm³/mol. The summed E-state index contributed by atoms with van der Waals surface area (Å²) in [5.74, 6) is 0.00629. The zero-order valence-corrected chi connectivity index (χ0v) is 21.5. The van der Waals surface area contributed by atoms with Crippen molar-refractivity contribution in [2.45, 2.75) is 50.4 Å². The van der Waals surface area contributed by atoms with E-state index in [9.17, 15) is 14.4 Å². The maximum absolute atomic E-state index is 13.3. The molecule has 1 aromatic heterocycles. The minimum absolute atomic E-state index is 0.00476. The first kappa shape index (κ1) is 24.0. The summed E-state index contributed by atoms with van der Waals surface area (Å²) in [5.41, 5.74) is 2.24. The molecule has 2 amide bonds. The molecule has 3 aromatic rings. The number of benzene rings is 2. The van der Waals surface area contributed by atoms with E-state index < -0.39 is 0 Å². The number of nitrogens with zero attached hydrogens (tertiary/aromatic N) is 2. The third kappa shape index (κ3) is 4.16. The Morgan fingerprint density at radius 3 is 2.35 bits per heavy atom. The first-order chi connectivity index (χ1) is 17.9.